The second-order valence-electron chi connectivity index (χ2n) is 19.9. The number of nitrogens with one attached hydrogen (secondary N) is 7. The fourth-order valence-electron chi connectivity index (χ4n) is 9.14. The first-order valence-corrected chi connectivity index (χ1v) is 28.1. The van der Waals surface area contributed by atoms with Crippen LogP contribution in [0.25, 0.3) is 11.1 Å². The number of aliphatic hydroxyl groups is 1. The van der Waals surface area contributed by atoms with Gasteiger partial charge in [0.25, 0.3) is 0 Å². The SMILES string of the molecule is CC1NCSC1c1ccc(CNC(=O)[C@@H]2C[C@@H](O)CN2C(=O)[C@@H](NC(=O)COCC(=O)NCc2cccc(-c3cccc(C4CSC(NC(=O)CNC(=O)C5CCN(S(C)(=O)=O)C5)N4)c3)c2)C(C)(C)C)cc1. The quantitative estimate of drug-likeness (QED) is 0.0851. The molecule has 0 aliphatic carbocycles. The normalized spacial score (nSPS) is 23.9. The first-order valence-electron chi connectivity index (χ1n) is 24.1. The number of sulfonamides is 1. The van der Waals surface area contributed by atoms with Crippen molar-refractivity contribution in [2.45, 2.75) is 94.6 Å². The zero-order valence-electron chi connectivity index (χ0n) is 41.3. The molecule has 7 rings (SSSR count). The molecule has 0 aromatic heterocycles. The zero-order valence-corrected chi connectivity index (χ0v) is 43.7. The molecule has 0 bridgehead atoms. The van der Waals surface area contributed by atoms with Crippen molar-refractivity contribution in [3.05, 3.63) is 95.1 Å². The van der Waals surface area contributed by atoms with Gasteiger partial charge in [-0.05, 0) is 64.3 Å². The van der Waals surface area contributed by atoms with Crippen LogP contribution in [0.1, 0.15) is 74.1 Å². The van der Waals surface area contributed by atoms with Crippen LogP contribution in [0.3, 0.4) is 0 Å². The number of benzene rings is 3. The van der Waals surface area contributed by atoms with E-state index in [4.69, 9.17) is 4.74 Å². The van der Waals surface area contributed by atoms with E-state index in [2.05, 4.69) is 62.3 Å². The van der Waals surface area contributed by atoms with Crippen LogP contribution in [-0.2, 0) is 56.6 Å². The van der Waals surface area contributed by atoms with Gasteiger partial charge in [0.05, 0.1) is 24.8 Å². The van der Waals surface area contributed by atoms with Gasteiger partial charge < -0.3 is 46.6 Å². The first-order chi connectivity index (χ1) is 34.2. The molecule has 22 heteroatoms. The molecule has 4 saturated heterocycles. The van der Waals surface area contributed by atoms with Gasteiger partial charge in [0.15, 0.2) is 0 Å². The molecule has 390 valence electrons. The predicted octanol–water partition coefficient (Wildman–Crippen LogP) is 1.69. The molecule has 19 nitrogen and oxygen atoms in total. The second kappa shape index (κ2) is 24.3. The van der Waals surface area contributed by atoms with Crippen LogP contribution in [0.15, 0.2) is 72.8 Å². The van der Waals surface area contributed by atoms with Gasteiger partial charge in [0, 0.05) is 68.1 Å². The van der Waals surface area contributed by atoms with Gasteiger partial charge in [-0.15, -0.1) is 23.5 Å². The van der Waals surface area contributed by atoms with Gasteiger partial charge in [-0.3, -0.25) is 34.1 Å². The molecule has 4 aliphatic heterocycles. The summed E-state index contributed by atoms with van der Waals surface area (Å²) in [6, 6.07) is 22.2. The molecular formula is C50H67N9O10S3. The lowest BCUT2D eigenvalue weighted by Gasteiger charge is -2.35. The molecule has 0 spiro atoms. The van der Waals surface area contributed by atoms with Crippen LogP contribution < -0.4 is 37.2 Å². The third-order valence-corrected chi connectivity index (χ3v) is 16.9. The van der Waals surface area contributed by atoms with Gasteiger partial charge in [-0.2, -0.15) is 0 Å². The van der Waals surface area contributed by atoms with Crippen LogP contribution >= 0.6 is 23.5 Å². The molecule has 3 aromatic carbocycles. The third-order valence-electron chi connectivity index (χ3n) is 13.2. The number of nitrogens with zero attached hydrogens (tertiary/aromatic N) is 2. The van der Waals surface area contributed by atoms with Crippen molar-refractivity contribution in [1.82, 2.24) is 46.4 Å². The molecule has 8 N–H and O–H groups in total. The fraction of sp³-hybridized carbons (Fsp3) is 0.520. The Hall–Kier alpha value is -5.07. The highest BCUT2D eigenvalue weighted by Crippen LogP contribution is 2.36. The number of aliphatic hydroxyl groups excluding tert-OH is 1. The van der Waals surface area contributed by atoms with Crippen LogP contribution in [0.4, 0.5) is 0 Å². The molecule has 4 fully saturated rings. The van der Waals surface area contributed by atoms with E-state index in [1.165, 1.54) is 26.5 Å². The zero-order chi connectivity index (χ0) is 51.7. The maximum absolute atomic E-state index is 14.0. The highest BCUT2D eigenvalue weighted by Gasteiger charge is 2.44. The molecule has 6 amide bonds. The Morgan fingerprint density at radius 3 is 2.24 bits per heavy atom. The summed E-state index contributed by atoms with van der Waals surface area (Å²) in [5.74, 6) is -1.57. The van der Waals surface area contributed by atoms with Crippen molar-refractivity contribution in [3.63, 3.8) is 0 Å². The summed E-state index contributed by atoms with van der Waals surface area (Å²) < 4.78 is 30.3. The number of ether oxygens (including phenoxy) is 1. The molecule has 3 aromatic rings. The largest absolute Gasteiger partial charge is 0.391 e. The summed E-state index contributed by atoms with van der Waals surface area (Å²) in [4.78, 5) is 80.2. The monoisotopic (exact) mass is 1050 g/mol. The number of β-amino-alcohol motifs (C(OH)–C–C–N with tert-alkyl or cyclic N) is 1. The van der Waals surface area contributed by atoms with E-state index in [-0.39, 0.29) is 69.0 Å². The van der Waals surface area contributed by atoms with Crippen LogP contribution in [0.2, 0.25) is 0 Å². The number of thioether (sulfide) groups is 2. The highest BCUT2D eigenvalue weighted by atomic mass is 32.2. The third kappa shape index (κ3) is 14.8. The lowest BCUT2D eigenvalue weighted by Crippen LogP contribution is -2.58. The molecule has 4 heterocycles. The molecule has 0 radical (unpaired) electrons. The Labute approximate surface area is 429 Å². The van der Waals surface area contributed by atoms with Gasteiger partial charge in [-0.25, -0.2) is 12.7 Å². The van der Waals surface area contributed by atoms with Crippen molar-refractivity contribution < 1.29 is 47.0 Å². The number of rotatable bonds is 19. The minimum Gasteiger partial charge on any atom is -0.391 e. The van der Waals surface area contributed by atoms with E-state index >= 15 is 0 Å². The van der Waals surface area contributed by atoms with E-state index in [0.717, 1.165) is 39.9 Å². The Morgan fingerprint density at radius 2 is 1.54 bits per heavy atom. The Morgan fingerprint density at radius 1 is 0.833 bits per heavy atom. The molecule has 4 aliphatic rings. The van der Waals surface area contributed by atoms with Crippen LogP contribution in [0, 0.1) is 11.3 Å². The highest BCUT2D eigenvalue weighted by molar-refractivity contribution is 8.00. The van der Waals surface area contributed by atoms with E-state index < -0.39 is 76.4 Å². The number of hydrogen-bond acceptors (Lipinski definition) is 14. The average molecular weight is 1050 g/mol. The number of likely N-dealkylation sites (tertiary alicyclic amines) is 1. The molecule has 8 atom stereocenters. The second-order valence-corrected chi connectivity index (χ2v) is 24.1. The predicted molar refractivity (Wildman–Crippen MR) is 276 cm³/mol. The summed E-state index contributed by atoms with van der Waals surface area (Å²) in [5.41, 5.74) is 4.69. The van der Waals surface area contributed by atoms with E-state index in [0.29, 0.717) is 23.5 Å². The lowest BCUT2D eigenvalue weighted by atomic mass is 9.85. The smallest absolute Gasteiger partial charge is 0.246 e. The van der Waals surface area contributed by atoms with Crippen molar-refractivity contribution in [2.75, 3.05) is 57.3 Å². The molecule has 5 unspecified atom stereocenters. The van der Waals surface area contributed by atoms with Crippen molar-refractivity contribution in [2.24, 2.45) is 11.3 Å². The van der Waals surface area contributed by atoms with Crippen molar-refractivity contribution >= 4 is 69.0 Å². The Balaban J connectivity index is 0.827. The summed E-state index contributed by atoms with van der Waals surface area (Å²) >= 11 is 3.39. The Kier molecular flexibility index (Phi) is 18.5. The molecule has 72 heavy (non-hydrogen) atoms. The van der Waals surface area contributed by atoms with Crippen LogP contribution in [0.5, 0.6) is 0 Å². The lowest BCUT2D eigenvalue weighted by molar-refractivity contribution is -0.145. The maximum Gasteiger partial charge on any atom is 0.246 e. The fourth-order valence-corrected chi connectivity index (χ4v) is 12.5. The maximum atomic E-state index is 14.0. The van der Waals surface area contributed by atoms with E-state index in [1.807, 2.05) is 66.4 Å². The summed E-state index contributed by atoms with van der Waals surface area (Å²) in [5, 5.41) is 31.8. The standard InChI is InChI=1S/C50H67N9O10S3/c1-30-44(71-29-54-30)33-14-12-31(13-15-33)21-52-47(65)40-20-38(60)25-59(40)48(66)45(50(2,3)4)56-43(63)27-69-26-42(62)51-22-32-8-6-9-34(18-32)35-10-7-11-36(19-35)39-28-70-49(55-39)57-41(61)23-53-46(64)37-16-17-58(24-37)72(5,67)68/h6-15,18-19,30,37-40,44-45,49,54-55,60H,16-17,20-29H2,1-5H3,(H,51,62)(H,52,65)(H,53,64)(H,56,63)(H,57,61)/t30?,37?,38-,39?,40+,44?,45-,49?/m1/s1. The summed E-state index contributed by atoms with van der Waals surface area (Å²) in [7, 11) is -3.38. The summed E-state index contributed by atoms with van der Waals surface area (Å²) in [6.45, 7) is 7.19. The first kappa shape index (κ1) is 54.7. The van der Waals surface area contributed by atoms with Crippen molar-refractivity contribution in [3.8, 4) is 11.1 Å². The van der Waals surface area contributed by atoms with Gasteiger partial charge in [0.2, 0.25) is 45.5 Å². The van der Waals surface area contributed by atoms with E-state index in [9.17, 15) is 42.3 Å². The van der Waals surface area contributed by atoms with Crippen molar-refractivity contribution in [1.29, 1.82) is 0 Å². The number of hydrogen-bond donors (Lipinski definition) is 8. The Bertz CT molecular complexity index is 2570. The minimum absolute atomic E-state index is 0.0579. The average Bonchev–Trinajstić information content (AvgIpc) is 4.19. The van der Waals surface area contributed by atoms with Gasteiger partial charge in [0.1, 0.15) is 30.8 Å². The number of carbonyl (C=O) groups excluding carboxylic acids is 6. The van der Waals surface area contributed by atoms with Crippen LogP contribution in [-0.4, -0.2) is 145 Å². The molecule has 0 saturated carbocycles. The number of amides is 6. The molecular weight excluding hydrogens is 983 g/mol. The van der Waals surface area contributed by atoms with E-state index in [1.54, 1.807) is 20.8 Å². The topological polar surface area (TPSA) is 257 Å². The van der Waals surface area contributed by atoms with Gasteiger partial charge >= 0.3 is 0 Å². The number of carbonyl (C=O) groups is 6. The van der Waals surface area contributed by atoms with Gasteiger partial charge in [-0.1, -0.05) is 81.4 Å². The summed E-state index contributed by atoms with van der Waals surface area (Å²) in [6.07, 6.45) is 0.674. The minimum atomic E-state index is -3.38.